The van der Waals surface area contributed by atoms with Crippen molar-refractivity contribution in [2.75, 3.05) is 13.6 Å². The number of ketones is 1. The van der Waals surface area contributed by atoms with Crippen LogP contribution >= 0.6 is 11.6 Å². The maximum atomic E-state index is 14.7. The van der Waals surface area contributed by atoms with E-state index < -0.39 is 29.5 Å². The van der Waals surface area contributed by atoms with E-state index in [-0.39, 0.29) is 17.6 Å². The molecule has 4 N–H and O–H groups in total. The van der Waals surface area contributed by atoms with E-state index >= 15 is 0 Å². The molecule has 1 aliphatic carbocycles. The molecule has 216 valence electrons. The number of hydrazone groups is 1. The second-order valence-corrected chi connectivity index (χ2v) is 11.8. The highest BCUT2D eigenvalue weighted by molar-refractivity contribution is 6.30. The van der Waals surface area contributed by atoms with Crippen LogP contribution in [-0.4, -0.2) is 48.0 Å². The lowest BCUT2D eigenvalue weighted by molar-refractivity contribution is -0.141. The molecule has 0 bridgehead atoms. The van der Waals surface area contributed by atoms with Gasteiger partial charge in [-0.25, -0.2) is 5.01 Å². The van der Waals surface area contributed by atoms with E-state index in [0.717, 1.165) is 23.1 Å². The number of rotatable bonds is 7. The third-order valence-corrected chi connectivity index (χ3v) is 9.21. The van der Waals surface area contributed by atoms with Gasteiger partial charge in [0, 0.05) is 31.1 Å². The van der Waals surface area contributed by atoms with Crippen LogP contribution in [0.25, 0.3) is 0 Å². The summed E-state index contributed by atoms with van der Waals surface area (Å²) in [7, 11) is 1.63. The number of carbonyl (C=O) groups is 3. The summed E-state index contributed by atoms with van der Waals surface area (Å²) in [6, 6.07) is 22.0. The van der Waals surface area contributed by atoms with Crippen LogP contribution in [0.4, 0.5) is 0 Å². The number of hydrogen-bond donors (Lipinski definition) is 3. The second-order valence-electron chi connectivity index (χ2n) is 11.4. The maximum Gasteiger partial charge on any atom is 0.256 e. The molecule has 5 unspecified atom stereocenters. The Morgan fingerprint density at radius 2 is 1.79 bits per heavy atom. The molecule has 0 aromatic heterocycles. The topological polar surface area (TPSA) is 117 Å². The van der Waals surface area contributed by atoms with E-state index in [0.29, 0.717) is 42.1 Å². The van der Waals surface area contributed by atoms with Gasteiger partial charge in [0.05, 0.1) is 17.7 Å². The van der Waals surface area contributed by atoms with E-state index in [4.69, 9.17) is 17.3 Å². The molecule has 2 amide bonds. The number of benzene rings is 3. The summed E-state index contributed by atoms with van der Waals surface area (Å²) in [5.41, 5.74) is 9.70. The fourth-order valence-electron chi connectivity index (χ4n) is 6.82. The lowest BCUT2D eigenvalue weighted by atomic mass is 9.66. The van der Waals surface area contributed by atoms with Gasteiger partial charge < -0.3 is 16.4 Å². The molecule has 0 saturated carbocycles. The van der Waals surface area contributed by atoms with Gasteiger partial charge in [0.2, 0.25) is 5.91 Å². The number of aryl methyl sites for hydroxylation is 1. The Morgan fingerprint density at radius 1 is 1.07 bits per heavy atom. The zero-order valence-electron chi connectivity index (χ0n) is 23.4. The first kappa shape index (κ1) is 28.3. The van der Waals surface area contributed by atoms with Gasteiger partial charge in [-0.15, -0.1) is 0 Å². The molecular weight excluding hydrogens is 550 g/mol. The molecule has 9 heteroatoms. The van der Waals surface area contributed by atoms with Gasteiger partial charge in [0.1, 0.15) is 11.5 Å². The van der Waals surface area contributed by atoms with Gasteiger partial charge in [-0.05, 0) is 53.6 Å². The number of carbonyl (C=O) groups excluding carboxylic acids is 3. The number of nitrogens with two attached hydrogens (primary N) is 1. The van der Waals surface area contributed by atoms with Crippen LogP contribution in [0.3, 0.4) is 0 Å². The average Bonchev–Trinajstić information content (AvgIpc) is 3.25. The van der Waals surface area contributed by atoms with Gasteiger partial charge in [-0.3, -0.25) is 14.4 Å². The molecule has 1 saturated heterocycles. The van der Waals surface area contributed by atoms with Crippen molar-refractivity contribution < 1.29 is 14.4 Å². The third-order valence-electron chi connectivity index (χ3n) is 8.96. The van der Waals surface area contributed by atoms with Crippen LogP contribution in [-0.2, 0) is 27.2 Å². The van der Waals surface area contributed by atoms with Crippen LogP contribution in [0.5, 0.6) is 0 Å². The highest BCUT2D eigenvalue weighted by atomic mass is 35.5. The van der Waals surface area contributed by atoms with Gasteiger partial charge in [0.25, 0.3) is 5.91 Å². The van der Waals surface area contributed by atoms with Crippen molar-refractivity contribution in [1.82, 2.24) is 15.6 Å². The first-order valence-corrected chi connectivity index (χ1v) is 14.7. The van der Waals surface area contributed by atoms with E-state index in [2.05, 4.69) is 15.7 Å². The second kappa shape index (κ2) is 11.4. The zero-order valence-corrected chi connectivity index (χ0v) is 24.2. The van der Waals surface area contributed by atoms with Gasteiger partial charge in [0.15, 0.2) is 5.78 Å². The summed E-state index contributed by atoms with van der Waals surface area (Å²) in [5.74, 6) is -1.33. The summed E-state index contributed by atoms with van der Waals surface area (Å²) in [6.45, 7) is 0.485. The quantitative estimate of drug-likeness (QED) is 0.392. The van der Waals surface area contributed by atoms with Crippen molar-refractivity contribution in [3.05, 3.63) is 106 Å². The normalized spacial score (nSPS) is 25.7. The Bertz CT molecular complexity index is 1540. The smallest absolute Gasteiger partial charge is 0.256 e. The summed E-state index contributed by atoms with van der Waals surface area (Å²) < 4.78 is 0. The maximum absolute atomic E-state index is 14.7. The molecular formula is C33H34ClN5O3. The average molecular weight is 584 g/mol. The van der Waals surface area contributed by atoms with E-state index in [1.54, 1.807) is 31.3 Å². The summed E-state index contributed by atoms with van der Waals surface area (Å²) in [4.78, 5) is 42.5. The monoisotopic (exact) mass is 583 g/mol. The number of halogens is 1. The molecule has 2 heterocycles. The summed E-state index contributed by atoms with van der Waals surface area (Å²) in [5, 5.41) is 12.9. The van der Waals surface area contributed by atoms with Crippen LogP contribution in [0.15, 0.2) is 84.0 Å². The molecule has 3 aromatic rings. The van der Waals surface area contributed by atoms with Crippen LogP contribution in [0.2, 0.25) is 5.02 Å². The number of fused-ring (bicyclic) bond motifs is 2. The van der Waals surface area contributed by atoms with Gasteiger partial charge in [-0.1, -0.05) is 78.3 Å². The zero-order chi connectivity index (χ0) is 29.4. The Morgan fingerprint density at radius 3 is 2.55 bits per heavy atom. The highest BCUT2D eigenvalue weighted by Crippen LogP contribution is 2.42. The van der Waals surface area contributed by atoms with E-state index in [1.165, 1.54) is 5.01 Å². The van der Waals surface area contributed by atoms with Crippen LogP contribution in [0.1, 0.15) is 47.2 Å². The summed E-state index contributed by atoms with van der Waals surface area (Å²) >= 11 is 6.19. The number of nitrogens with one attached hydrogen (secondary N) is 2. The summed E-state index contributed by atoms with van der Waals surface area (Å²) in [6.07, 6.45) is 2.16. The van der Waals surface area contributed by atoms with E-state index in [1.807, 2.05) is 54.6 Å². The molecule has 3 aromatic carbocycles. The Labute approximate surface area is 250 Å². The number of amides is 2. The minimum absolute atomic E-state index is 0.237. The number of nitrogens with zero attached hydrogens (tertiary/aromatic N) is 2. The molecule has 8 nitrogen and oxygen atoms in total. The van der Waals surface area contributed by atoms with Crippen molar-refractivity contribution in [3.8, 4) is 0 Å². The molecule has 5 atom stereocenters. The minimum Gasteiger partial charge on any atom is -0.342 e. The van der Waals surface area contributed by atoms with Crippen molar-refractivity contribution in [1.29, 1.82) is 0 Å². The Balaban J connectivity index is 1.36. The van der Waals surface area contributed by atoms with Crippen LogP contribution in [0, 0.1) is 11.3 Å². The van der Waals surface area contributed by atoms with E-state index in [9.17, 15) is 14.4 Å². The lowest BCUT2D eigenvalue weighted by Crippen LogP contribution is -2.64. The SMILES string of the molecule is CN1N=C2CCNC(C(=O)C(NC(=O)C3CCc4ccccc4C3N)c3ccc(Cl)cc3)C2(Cc2ccccc2)C1=O. The Hall–Kier alpha value is -3.85. The van der Waals surface area contributed by atoms with Crippen LogP contribution < -0.4 is 16.4 Å². The fraction of sp³-hybridized carbons (Fsp3) is 0.333. The highest BCUT2D eigenvalue weighted by Gasteiger charge is 2.59. The predicted octanol–water partition coefficient (Wildman–Crippen LogP) is 3.75. The van der Waals surface area contributed by atoms with Crippen molar-refractivity contribution in [2.45, 2.75) is 43.8 Å². The standard InChI is InChI=1S/C33H34ClN5O3/c1-39-32(42)33(19-20-7-3-2-4-8-20)26(38-39)17-18-36-30(33)29(40)28(22-11-14-23(34)15-12-22)37-31(41)25-16-13-21-9-5-6-10-24(21)27(25)35/h2-12,14-15,25,27-28,30,36H,13,16-19,35H2,1H3,(H,37,41). The molecule has 2 aliphatic heterocycles. The third kappa shape index (κ3) is 4.93. The van der Waals surface area contributed by atoms with Gasteiger partial charge in [-0.2, -0.15) is 5.10 Å². The molecule has 3 aliphatic rings. The Kier molecular flexibility index (Phi) is 7.70. The molecule has 6 rings (SSSR count). The first-order chi connectivity index (χ1) is 20.3. The fourth-order valence-corrected chi connectivity index (χ4v) is 6.95. The van der Waals surface area contributed by atoms with Crippen molar-refractivity contribution >= 4 is 34.9 Å². The number of piperidine rings is 1. The molecule has 42 heavy (non-hydrogen) atoms. The molecule has 0 spiro atoms. The lowest BCUT2D eigenvalue weighted by Gasteiger charge is -2.41. The van der Waals surface area contributed by atoms with Crippen molar-refractivity contribution in [2.24, 2.45) is 22.2 Å². The number of Topliss-reactive ketones (excluding diaryl/α,β-unsaturated/α-hetero) is 1. The van der Waals surface area contributed by atoms with Gasteiger partial charge >= 0.3 is 0 Å². The van der Waals surface area contributed by atoms with Crippen molar-refractivity contribution in [3.63, 3.8) is 0 Å². The minimum atomic E-state index is -1.21. The number of hydrogen-bond acceptors (Lipinski definition) is 6. The molecule has 1 fully saturated rings. The first-order valence-electron chi connectivity index (χ1n) is 14.4. The molecule has 0 radical (unpaired) electrons. The largest absolute Gasteiger partial charge is 0.342 e. The predicted molar refractivity (Wildman–Crippen MR) is 162 cm³/mol.